The molecule has 0 bridgehead atoms. The molecule has 0 aromatic carbocycles. The molecule has 2 rings (SSSR count). The molecular formula is C15H14Cl5N3O6S2. The lowest BCUT2D eigenvalue weighted by atomic mass is 10.5. The first kappa shape index (κ1) is 28.1. The highest BCUT2D eigenvalue weighted by molar-refractivity contribution is 8.13. The number of hydrogen-bond acceptors (Lipinski definition) is 8. The molecule has 2 aromatic rings. The molecule has 31 heavy (non-hydrogen) atoms. The van der Waals surface area contributed by atoms with Crippen molar-refractivity contribution < 1.29 is 26.4 Å². The zero-order valence-electron chi connectivity index (χ0n) is 15.7. The van der Waals surface area contributed by atoms with E-state index in [9.17, 15) is 21.6 Å². The van der Waals surface area contributed by atoms with E-state index < -0.39 is 31.6 Å². The van der Waals surface area contributed by atoms with Crippen LogP contribution in [0.5, 0.6) is 0 Å². The van der Waals surface area contributed by atoms with Crippen LogP contribution in [-0.4, -0.2) is 57.3 Å². The van der Waals surface area contributed by atoms with Crippen molar-refractivity contribution in [2.75, 3.05) is 20.2 Å². The summed E-state index contributed by atoms with van der Waals surface area (Å²) in [6.07, 6.45) is 2.11. The van der Waals surface area contributed by atoms with Crippen LogP contribution < -0.4 is 0 Å². The first-order valence-electron chi connectivity index (χ1n) is 7.88. The lowest BCUT2D eigenvalue weighted by Crippen LogP contribution is -2.33. The van der Waals surface area contributed by atoms with Crippen LogP contribution in [0.3, 0.4) is 0 Å². The number of carbonyl (C=O) groups is 1. The van der Waals surface area contributed by atoms with E-state index in [1.54, 1.807) is 6.92 Å². The van der Waals surface area contributed by atoms with Crippen molar-refractivity contribution in [1.82, 2.24) is 14.3 Å². The maximum atomic E-state index is 12.1. The van der Waals surface area contributed by atoms with E-state index in [0.717, 1.165) is 22.8 Å². The average Bonchev–Trinajstić information content (AvgIpc) is 2.65. The second-order valence-corrected chi connectivity index (χ2v) is 11.5. The van der Waals surface area contributed by atoms with Crippen molar-refractivity contribution in [3.8, 4) is 0 Å². The number of pyridine rings is 2. The molecule has 0 atom stereocenters. The summed E-state index contributed by atoms with van der Waals surface area (Å²) in [5.41, 5.74) is 0. The summed E-state index contributed by atoms with van der Waals surface area (Å²) in [5, 5.41) is 0.125. The average molecular weight is 574 g/mol. The van der Waals surface area contributed by atoms with E-state index in [1.165, 1.54) is 13.1 Å². The van der Waals surface area contributed by atoms with E-state index in [2.05, 4.69) is 14.7 Å². The van der Waals surface area contributed by atoms with Crippen LogP contribution in [0.25, 0.3) is 0 Å². The van der Waals surface area contributed by atoms with Gasteiger partial charge in [-0.15, -0.1) is 0 Å². The fraction of sp³-hybridized carbons (Fsp3) is 0.267. The quantitative estimate of drug-likeness (QED) is 0.290. The topological polar surface area (TPSA) is 124 Å². The summed E-state index contributed by atoms with van der Waals surface area (Å²) < 4.78 is 51.2. The van der Waals surface area contributed by atoms with Gasteiger partial charge in [0.05, 0.1) is 16.7 Å². The lowest BCUT2D eigenvalue weighted by molar-refractivity contribution is -0.143. The van der Waals surface area contributed by atoms with Crippen LogP contribution in [0.4, 0.5) is 0 Å². The maximum Gasteiger partial charge on any atom is 0.321 e. The first-order chi connectivity index (χ1) is 14.2. The number of hydrogen-bond donors (Lipinski definition) is 0. The standard InChI is InChI=1S/C10H12Cl2N2O4S.C5H2Cl3NO2S/c1-3-18-9(15)6-14(2)19(16,17)7-4-8(11)10(12)13-5-7;6-4-1-3(12(8,10)11)2-9-5(4)7/h4-5H,3,6H2,1-2H3;1-2H. The van der Waals surface area contributed by atoms with Gasteiger partial charge in [0.15, 0.2) is 0 Å². The summed E-state index contributed by atoms with van der Waals surface area (Å²) >= 11 is 22.3. The second kappa shape index (κ2) is 11.8. The lowest BCUT2D eigenvalue weighted by Gasteiger charge is -2.16. The zero-order chi connectivity index (χ0) is 24.0. The van der Waals surface area contributed by atoms with Crippen molar-refractivity contribution in [3.05, 3.63) is 44.9 Å². The van der Waals surface area contributed by atoms with E-state index in [0.29, 0.717) is 0 Å². The Morgan fingerprint density at radius 1 is 0.968 bits per heavy atom. The van der Waals surface area contributed by atoms with Gasteiger partial charge in [-0.2, -0.15) is 4.31 Å². The second-order valence-electron chi connectivity index (χ2n) is 5.39. The van der Waals surface area contributed by atoms with Gasteiger partial charge in [0.1, 0.15) is 26.6 Å². The fourth-order valence-corrected chi connectivity index (χ4v) is 4.18. The first-order valence-corrected chi connectivity index (χ1v) is 13.1. The number of sulfonamides is 1. The van der Waals surface area contributed by atoms with Crippen molar-refractivity contribution in [3.63, 3.8) is 0 Å². The minimum Gasteiger partial charge on any atom is -0.465 e. The van der Waals surface area contributed by atoms with Crippen LogP contribution in [0, 0.1) is 0 Å². The van der Waals surface area contributed by atoms with E-state index in [-0.39, 0.29) is 36.7 Å². The van der Waals surface area contributed by atoms with Crippen molar-refractivity contribution in [2.24, 2.45) is 0 Å². The highest BCUT2D eigenvalue weighted by Gasteiger charge is 2.24. The van der Waals surface area contributed by atoms with Gasteiger partial charge in [-0.3, -0.25) is 4.79 Å². The smallest absolute Gasteiger partial charge is 0.321 e. The van der Waals surface area contributed by atoms with Crippen LogP contribution in [0.2, 0.25) is 20.4 Å². The van der Waals surface area contributed by atoms with Gasteiger partial charge in [0.2, 0.25) is 10.0 Å². The Balaban J connectivity index is 0.000000343. The molecule has 16 heteroatoms. The monoisotopic (exact) mass is 571 g/mol. The van der Waals surface area contributed by atoms with E-state index in [4.69, 9.17) is 57.1 Å². The largest absolute Gasteiger partial charge is 0.465 e. The van der Waals surface area contributed by atoms with Gasteiger partial charge >= 0.3 is 5.97 Å². The van der Waals surface area contributed by atoms with Crippen LogP contribution >= 0.6 is 57.1 Å². The summed E-state index contributed by atoms with van der Waals surface area (Å²) in [6, 6.07) is 2.31. The summed E-state index contributed by atoms with van der Waals surface area (Å²) in [6.45, 7) is 1.42. The van der Waals surface area contributed by atoms with Crippen LogP contribution in [-0.2, 0) is 28.6 Å². The Labute approximate surface area is 203 Å². The zero-order valence-corrected chi connectivity index (χ0v) is 21.1. The number of halogens is 5. The molecule has 0 spiro atoms. The third kappa shape index (κ3) is 8.50. The van der Waals surface area contributed by atoms with Crippen LogP contribution in [0.15, 0.2) is 34.3 Å². The number of esters is 1. The minimum absolute atomic E-state index is 0.00802. The number of carbonyl (C=O) groups excluding carboxylic acids is 1. The van der Waals surface area contributed by atoms with Gasteiger partial charge < -0.3 is 4.74 Å². The number of rotatable bonds is 6. The molecule has 2 heterocycles. The fourth-order valence-electron chi connectivity index (χ4n) is 1.74. The Kier molecular flexibility index (Phi) is 10.7. The molecule has 9 nitrogen and oxygen atoms in total. The third-order valence-corrected chi connectivity index (χ3v) is 7.65. The van der Waals surface area contributed by atoms with Crippen molar-refractivity contribution in [2.45, 2.75) is 16.7 Å². The molecule has 0 amide bonds. The number of nitrogens with zero attached hydrogens (tertiary/aromatic N) is 3. The molecule has 2 aromatic heterocycles. The molecule has 0 fully saturated rings. The van der Waals surface area contributed by atoms with E-state index >= 15 is 0 Å². The predicted octanol–water partition coefficient (Wildman–Crippen LogP) is 3.89. The Morgan fingerprint density at radius 3 is 1.84 bits per heavy atom. The molecule has 0 aliphatic carbocycles. The Bertz CT molecular complexity index is 1160. The molecule has 0 aliphatic heterocycles. The van der Waals surface area contributed by atoms with Gasteiger partial charge in [0.25, 0.3) is 9.05 Å². The molecule has 0 N–H and O–H groups in total. The molecule has 0 saturated carbocycles. The van der Waals surface area contributed by atoms with Crippen LogP contribution in [0.1, 0.15) is 6.92 Å². The normalized spacial score (nSPS) is 11.6. The predicted molar refractivity (Wildman–Crippen MR) is 118 cm³/mol. The highest BCUT2D eigenvalue weighted by Crippen LogP contribution is 2.24. The van der Waals surface area contributed by atoms with Gasteiger partial charge in [-0.05, 0) is 19.1 Å². The van der Waals surface area contributed by atoms with Crippen molar-refractivity contribution in [1.29, 1.82) is 0 Å². The summed E-state index contributed by atoms with van der Waals surface area (Å²) in [5.74, 6) is -0.637. The number of likely N-dealkylation sites (N-methyl/N-ethyl adjacent to an activating group) is 1. The molecule has 0 radical (unpaired) electrons. The SMILES string of the molecule is CCOC(=O)CN(C)S(=O)(=O)c1cnc(Cl)c(Cl)c1.O=S(=O)(Cl)c1cnc(Cl)c(Cl)c1. The highest BCUT2D eigenvalue weighted by atomic mass is 35.7. The molecule has 0 aliphatic rings. The Hall–Kier alpha value is -0.920. The minimum atomic E-state index is -3.86. The van der Waals surface area contributed by atoms with Gasteiger partial charge in [0, 0.05) is 30.1 Å². The third-order valence-electron chi connectivity index (χ3n) is 3.19. The number of aromatic nitrogens is 2. The molecule has 0 saturated heterocycles. The Morgan fingerprint density at radius 2 is 1.42 bits per heavy atom. The summed E-state index contributed by atoms with van der Waals surface area (Å²) in [7, 11) is -1.37. The molecular weight excluding hydrogens is 560 g/mol. The molecule has 172 valence electrons. The van der Waals surface area contributed by atoms with Gasteiger partial charge in [-0.1, -0.05) is 46.4 Å². The number of ether oxygens (including phenoxy) is 1. The summed E-state index contributed by atoms with van der Waals surface area (Å²) in [4.78, 5) is 18.1. The van der Waals surface area contributed by atoms with Gasteiger partial charge in [-0.25, -0.2) is 26.8 Å². The van der Waals surface area contributed by atoms with E-state index in [1.807, 2.05) is 0 Å². The maximum absolute atomic E-state index is 12.1. The molecule has 0 unspecified atom stereocenters. The van der Waals surface area contributed by atoms with Crippen molar-refractivity contribution >= 4 is 82.1 Å².